The van der Waals surface area contributed by atoms with Gasteiger partial charge in [0.1, 0.15) is 0 Å². The van der Waals surface area contributed by atoms with Gasteiger partial charge in [-0.25, -0.2) is 8.42 Å². The van der Waals surface area contributed by atoms with Crippen molar-refractivity contribution in [3.05, 3.63) is 28.8 Å². The number of hydrogen-bond donors (Lipinski definition) is 2. The van der Waals surface area contributed by atoms with Crippen LogP contribution in [0.3, 0.4) is 0 Å². The molecule has 1 aromatic rings. The molecule has 1 unspecified atom stereocenters. The van der Waals surface area contributed by atoms with Gasteiger partial charge in [-0.2, -0.15) is 0 Å². The normalized spacial score (nSPS) is 20.0. The molecule has 0 spiro atoms. The van der Waals surface area contributed by atoms with Crippen molar-refractivity contribution < 1.29 is 8.42 Å². The van der Waals surface area contributed by atoms with E-state index < -0.39 is 10.0 Å². The van der Waals surface area contributed by atoms with Gasteiger partial charge in [-0.05, 0) is 44.0 Å². The molecule has 1 heterocycles. The van der Waals surface area contributed by atoms with Crippen molar-refractivity contribution in [2.24, 2.45) is 0 Å². The molecular formula is C12H17ClN2O2S. The molecule has 0 aliphatic carbocycles. The molecule has 0 bridgehead atoms. The lowest BCUT2D eigenvalue weighted by Crippen LogP contribution is -2.32. The van der Waals surface area contributed by atoms with Gasteiger partial charge >= 0.3 is 0 Å². The molecule has 4 nitrogen and oxygen atoms in total. The summed E-state index contributed by atoms with van der Waals surface area (Å²) in [4.78, 5) is 0. The molecule has 0 aromatic heterocycles. The van der Waals surface area contributed by atoms with Gasteiger partial charge in [-0.15, -0.1) is 0 Å². The molecule has 100 valence electrons. The van der Waals surface area contributed by atoms with E-state index in [4.69, 9.17) is 11.6 Å². The first-order chi connectivity index (χ1) is 8.46. The highest BCUT2D eigenvalue weighted by molar-refractivity contribution is 7.92. The fourth-order valence-corrected chi connectivity index (χ4v) is 3.61. The van der Waals surface area contributed by atoms with Crippen molar-refractivity contribution in [3.8, 4) is 0 Å². The van der Waals surface area contributed by atoms with Crippen molar-refractivity contribution >= 4 is 27.3 Å². The van der Waals surface area contributed by atoms with Crippen LogP contribution in [0.1, 0.15) is 18.4 Å². The van der Waals surface area contributed by atoms with Gasteiger partial charge in [0.2, 0.25) is 10.0 Å². The van der Waals surface area contributed by atoms with E-state index >= 15 is 0 Å². The van der Waals surface area contributed by atoms with E-state index in [1.807, 2.05) is 6.92 Å². The van der Waals surface area contributed by atoms with Gasteiger partial charge in [0.15, 0.2) is 0 Å². The van der Waals surface area contributed by atoms with Crippen LogP contribution in [0.5, 0.6) is 0 Å². The molecule has 6 heteroatoms. The number of benzene rings is 1. The second kappa shape index (κ2) is 5.47. The summed E-state index contributed by atoms with van der Waals surface area (Å²) in [5, 5.41) is 3.74. The first kappa shape index (κ1) is 13.6. The maximum atomic E-state index is 12.0. The zero-order valence-electron chi connectivity index (χ0n) is 10.2. The van der Waals surface area contributed by atoms with E-state index in [0.29, 0.717) is 10.7 Å². The van der Waals surface area contributed by atoms with Crippen LogP contribution < -0.4 is 10.0 Å². The molecule has 1 saturated heterocycles. The Kier molecular flexibility index (Phi) is 4.14. The van der Waals surface area contributed by atoms with Crippen LogP contribution in [0.15, 0.2) is 18.2 Å². The SMILES string of the molecule is Cc1ccc(NS(=O)(=O)CC2CCCN2)cc1Cl. The van der Waals surface area contributed by atoms with Crippen molar-refractivity contribution in [1.82, 2.24) is 5.32 Å². The van der Waals surface area contributed by atoms with Crippen molar-refractivity contribution in [1.29, 1.82) is 0 Å². The van der Waals surface area contributed by atoms with Crippen molar-refractivity contribution in [2.45, 2.75) is 25.8 Å². The second-order valence-electron chi connectivity index (χ2n) is 4.64. The number of sulfonamides is 1. The van der Waals surface area contributed by atoms with Crippen LogP contribution >= 0.6 is 11.6 Å². The molecule has 18 heavy (non-hydrogen) atoms. The topological polar surface area (TPSA) is 58.2 Å². The first-order valence-electron chi connectivity index (χ1n) is 5.96. The van der Waals surface area contributed by atoms with Gasteiger partial charge in [-0.1, -0.05) is 17.7 Å². The Balaban J connectivity index is 2.04. The van der Waals surface area contributed by atoms with E-state index in [1.54, 1.807) is 18.2 Å². The van der Waals surface area contributed by atoms with E-state index in [2.05, 4.69) is 10.0 Å². The van der Waals surface area contributed by atoms with Gasteiger partial charge in [-0.3, -0.25) is 4.72 Å². The average Bonchev–Trinajstić information content (AvgIpc) is 2.75. The number of hydrogen-bond acceptors (Lipinski definition) is 3. The van der Waals surface area contributed by atoms with E-state index in [-0.39, 0.29) is 11.8 Å². The van der Waals surface area contributed by atoms with Crippen LogP contribution in [-0.4, -0.2) is 26.8 Å². The van der Waals surface area contributed by atoms with E-state index in [9.17, 15) is 8.42 Å². The smallest absolute Gasteiger partial charge is 0.234 e. The summed E-state index contributed by atoms with van der Waals surface area (Å²) < 4.78 is 26.5. The average molecular weight is 289 g/mol. The zero-order valence-corrected chi connectivity index (χ0v) is 11.8. The van der Waals surface area contributed by atoms with Gasteiger partial charge in [0.25, 0.3) is 0 Å². The summed E-state index contributed by atoms with van der Waals surface area (Å²) >= 11 is 5.97. The second-order valence-corrected chi connectivity index (χ2v) is 6.81. The maximum Gasteiger partial charge on any atom is 0.234 e. The summed E-state index contributed by atoms with van der Waals surface area (Å²) in [6, 6.07) is 5.22. The Morgan fingerprint density at radius 1 is 1.50 bits per heavy atom. The molecule has 2 N–H and O–H groups in total. The Hall–Kier alpha value is -0.780. The van der Waals surface area contributed by atoms with Gasteiger partial charge in [0, 0.05) is 16.8 Å². The summed E-state index contributed by atoms with van der Waals surface area (Å²) in [7, 11) is -3.32. The van der Waals surface area contributed by atoms with Crippen LogP contribution in [-0.2, 0) is 10.0 Å². The predicted molar refractivity (Wildman–Crippen MR) is 74.6 cm³/mol. The minimum atomic E-state index is -3.32. The summed E-state index contributed by atoms with van der Waals surface area (Å²) in [6.07, 6.45) is 1.95. The number of aryl methyl sites for hydroxylation is 1. The highest BCUT2D eigenvalue weighted by Gasteiger charge is 2.22. The fourth-order valence-electron chi connectivity index (χ4n) is 2.04. The Bertz CT molecular complexity index is 525. The molecule has 1 aliphatic rings. The third-order valence-electron chi connectivity index (χ3n) is 3.03. The summed E-state index contributed by atoms with van der Waals surface area (Å²) in [6.45, 7) is 2.78. The molecule has 0 saturated carbocycles. The van der Waals surface area contributed by atoms with Crippen molar-refractivity contribution in [3.63, 3.8) is 0 Å². The molecule has 1 atom stereocenters. The summed E-state index contributed by atoms with van der Waals surface area (Å²) in [5.74, 6) is 0.110. The number of halogens is 1. The van der Waals surface area contributed by atoms with Gasteiger partial charge in [0.05, 0.1) is 5.75 Å². The quantitative estimate of drug-likeness (QED) is 0.892. The van der Waals surface area contributed by atoms with Crippen LogP contribution in [0.4, 0.5) is 5.69 Å². The number of nitrogens with one attached hydrogen (secondary N) is 2. The Morgan fingerprint density at radius 3 is 2.89 bits per heavy atom. The highest BCUT2D eigenvalue weighted by atomic mass is 35.5. The molecule has 1 fully saturated rings. The highest BCUT2D eigenvalue weighted by Crippen LogP contribution is 2.21. The molecule has 1 aromatic carbocycles. The van der Waals surface area contributed by atoms with E-state index in [1.165, 1.54) is 0 Å². The lowest BCUT2D eigenvalue weighted by atomic mass is 10.2. The lowest BCUT2D eigenvalue weighted by Gasteiger charge is -2.13. The summed E-state index contributed by atoms with van der Waals surface area (Å²) in [5.41, 5.74) is 1.45. The minimum Gasteiger partial charge on any atom is -0.313 e. The molecule has 1 aliphatic heterocycles. The number of anilines is 1. The third kappa shape index (κ3) is 3.60. The molecule has 0 radical (unpaired) electrons. The lowest BCUT2D eigenvalue weighted by molar-refractivity contribution is 0.582. The monoisotopic (exact) mass is 288 g/mol. The minimum absolute atomic E-state index is 0.0587. The van der Waals surface area contributed by atoms with Crippen LogP contribution in [0, 0.1) is 6.92 Å². The fraction of sp³-hybridized carbons (Fsp3) is 0.500. The zero-order chi connectivity index (χ0) is 13.2. The third-order valence-corrected chi connectivity index (χ3v) is 4.82. The van der Waals surface area contributed by atoms with Crippen molar-refractivity contribution in [2.75, 3.05) is 17.0 Å². The standard InChI is InChI=1S/C12H17ClN2O2S/c1-9-4-5-10(7-12(9)13)15-18(16,17)8-11-3-2-6-14-11/h4-5,7,11,14-15H,2-3,6,8H2,1H3. The number of rotatable bonds is 4. The Morgan fingerprint density at radius 2 is 2.28 bits per heavy atom. The largest absolute Gasteiger partial charge is 0.313 e. The predicted octanol–water partition coefficient (Wildman–Crippen LogP) is 2.14. The van der Waals surface area contributed by atoms with Crippen LogP contribution in [0.2, 0.25) is 5.02 Å². The maximum absolute atomic E-state index is 12.0. The Labute approximate surface area is 113 Å². The van der Waals surface area contributed by atoms with E-state index in [0.717, 1.165) is 24.9 Å². The molecular weight excluding hydrogens is 272 g/mol. The molecule has 0 amide bonds. The first-order valence-corrected chi connectivity index (χ1v) is 7.99. The van der Waals surface area contributed by atoms with Gasteiger partial charge < -0.3 is 5.32 Å². The van der Waals surface area contributed by atoms with Crippen LogP contribution in [0.25, 0.3) is 0 Å². The molecule has 2 rings (SSSR count).